The second-order valence-electron chi connectivity index (χ2n) is 4.85. The summed E-state index contributed by atoms with van der Waals surface area (Å²) < 4.78 is 0. The van der Waals surface area contributed by atoms with Crippen LogP contribution >= 0.6 is 0 Å². The van der Waals surface area contributed by atoms with Gasteiger partial charge in [0, 0.05) is 24.3 Å². The Labute approximate surface area is 102 Å². The number of hydrogen-bond donors (Lipinski definition) is 2. The number of nitrogen functional groups attached to an aromatic ring is 2. The molecule has 1 fully saturated rings. The van der Waals surface area contributed by atoms with Crippen molar-refractivity contribution in [2.45, 2.75) is 44.7 Å². The van der Waals surface area contributed by atoms with Gasteiger partial charge in [-0.3, -0.25) is 4.90 Å². The fourth-order valence-corrected chi connectivity index (χ4v) is 2.48. The third kappa shape index (κ3) is 3.06. The fraction of sp³-hybridized carbons (Fsp3) is 0.667. The first kappa shape index (κ1) is 12.1. The number of hydrogen-bond acceptors (Lipinski definition) is 5. The second kappa shape index (κ2) is 5.31. The predicted molar refractivity (Wildman–Crippen MR) is 69.2 cm³/mol. The third-order valence-electron chi connectivity index (χ3n) is 3.53. The summed E-state index contributed by atoms with van der Waals surface area (Å²) >= 11 is 0. The normalized spacial score (nSPS) is 17.5. The molecule has 2 rings (SSSR count). The summed E-state index contributed by atoms with van der Waals surface area (Å²) in [6.45, 7) is 0.802. The molecule has 17 heavy (non-hydrogen) atoms. The summed E-state index contributed by atoms with van der Waals surface area (Å²) in [5, 5.41) is 0. The van der Waals surface area contributed by atoms with Crippen LogP contribution in [-0.2, 0) is 6.54 Å². The number of aromatic nitrogens is 2. The number of anilines is 2. The summed E-state index contributed by atoms with van der Waals surface area (Å²) in [5.74, 6) is 0.742. The molecule has 0 aromatic carbocycles. The monoisotopic (exact) mass is 235 g/mol. The molecular weight excluding hydrogens is 214 g/mol. The molecule has 94 valence electrons. The molecule has 1 saturated carbocycles. The maximum Gasteiger partial charge on any atom is 0.221 e. The largest absolute Gasteiger partial charge is 0.383 e. The van der Waals surface area contributed by atoms with Crippen molar-refractivity contribution in [3.05, 3.63) is 11.8 Å². The highest BCUT2D eigenvalue weighted by Crippen LogP contribution is 2.23. The van der Waals surface area contributed by atoms with Crippen molar-refractivity contribution in [2.75, 3.05) is 18.5 Å². The Morgan fingerprint density at radius 2 is 2.00 bits per heavy atom. The van der Waals surface area contributed by atoms with E-state index in [9.17, 15) is 0 Å². The summed E-state index contributed by atoms with van der Waals surface area (Å²) in [7, 11) is 2.14. The van der Waals surface area contributed by atoms with Crippen LogP contribution in [0.5, 0.6) is 0 Å². The minimum atomic E-state index is 0.242. The van der Waals surface area contributed by atoms with Crippen molar-refractivity contribution >= 4 is 11.8 Å². The average molecular weight is 235 g/mol. The molecule has 0 aliphatic heterocycles. The molecule has 5 nitrogen and oxygen atoms in total. The number of nitrogens with zero attached hydrogens (tertiary/aromatic N) is 3. The van der Waals surface area contributed by atoms with E-state index in [-0.39, 0.29) is 5.95 Å². The van der Waals surface area contributed by atoms with Gasteiger partial charge < -0.3 is 11.5 Å². The number of rotatable bonds is 3. The van der Waals surface area contributed by atoms with Gasteiger partial charge in [-0.05, 0) is 19.9 Å². The van der Waals surface area contributed by atoms with Crippen LogP contribution in [0.4, 0.5) is 11.8 Å². The number of nitrogens with two attached hydrogens (primary N) is 2. The first-order valence-electron chi connectivity index (χ1n) is 6.24. The highest BCUT2D eigenvalue weighted by Gasteiger charge is 2.18. The van der Waals surface area contributed by atoms with Crippen molar-refractivity contribution in [1.82, 2.24) is 14.9 Å². The fourth-order valence-electron chi connectivity index (χ4n) is 2.48. The Bertz CT molecular complexity index is 373. The van der Waals surface area contributed by atoms with E-state index >= 15 is 0 Å². The summed E-state index contributed by atoms with van der Waals surface area (Å²) in [5.41, 5.74) is 12.3. The van der Waals surface area contributed by atoms with Gasteiger partial charge >= 0.3 is 0 Å². The van der Waals surface area contributed by atoms with Gasteiger partial charge in [-0.15, -0.1) is 0 Å². The molecular formula is C12H21N5. The molecule has 1 aromatic heterocycles. The molecule has 5 heteroatoms. The van der Waals surface area contributed by atoms with Crippen molar-refractivity contribution in [2.24, 2.45) is 0 Å². The summed E-state index contributed by atoms with van der Waals surface area (Å²) in [6.07, 6.45) is 8.35. The van der Waals surface area contributed by atoms with Crippen molar-refractivity contribution < 1.29 is 0 Å². The van der Waals surface area contributed by atoms with E-state index < -0.39 is 0 Å². The molecule has 1 aliphatic rings. The molecule has 0 spiro atoms. The highest BCUT2D eigenvalue weighted by molar-refractivity contribution is 5.41. The Balaban J connectivity index is 1.99. The molecule has 0 bridgehead atoms. The summed E-state index contributed by atoms with van der Waals surface area (Å²) in [6, 6.07) is 0.667. The zero-order chi connectivity index (χ0) is 12.3. The van der Waals surface area contributed by atoms with Gasteiger partial charge in [0.1, 0.15) is 5.82 Å². The van der Waals surface area contributed by atoms with Crippen molar-refractivity contribution in [1.29, 1.82) is 0 Å². The molecule has 0 saturated heterocycles. The van der Waals surface area contributed by atoms with E-state index in [1.807, 2.05) is 0 Å². The topological polar surface area (TPSA) is 81.1 Å². The van der Waals surface area contributed by atoms with Gasteiger partial charge in [0.2, 0.25) is 5.95 Å². The van der Waals surface area contributed by atoms with Crippen LogP contribution < -0.4 is 11.5 Å². The summed E-state index contributed by atoms with van der Waals surface area (Å²) in [4.78, 5) is 10.3. The SMILES string of the molecule is CN(Cc1cnc(N)nc1N)C1CCCCC1. The van der Waals surface area contributed by atoms with Crippen LogP contribution in [-0.4, -0.2) is 28.0 Å². The molecule has 0 atom stereocenters. The molecule has 1 heterocycles. The lowest BCUT2D eigenvalue weighted by molar-refractivity contribution is 0.184. The Morgan fingerprint density at radius 3 is 2.65 bits per heavy atom. The van der Waals surface area contributed by atoms with Gasteiger partial charge in [0.15, 0.2) is 0 Å². The smallest absolute Gasteiger partial charge is 0.221 e. The van der Waals surface area contributed by atoms with E-state index in [4.69, 9.17) is 11.5 Å². The standard InChI is InChI=1S/C12H21N5/c1-17(10-5-3-2-4-6-10)8-9-7-15-12(14)16-11(9)13/h7,10H,2-6,8H2,1H3,(H4,13,14,15,16). The lowest BCUT2D eigenvalue weighted by Gasteiger charge is -2.31. The van der Waals surface area contributed by atoms with Gasteiger partial charge in [-0.1, -0.05) is 19.3 Å². The van der Waals surface area contributed by atoms with E-state index in [1.165, 1.54) is 32.1 Å². The Kier molecular flexibility index (Phi) is 3.78. The molecule has 1 aromatic rings. The minimum absolute atomic E-state index is 0.242. The zero-order valence-electron chi connectivity index (χ0n) is 10.4. The lowest BCUT2D eigenvalue weighted by Crippen LogP contribution is -2.33. The maximum absolute atomic E-state index is 5.84. The first-order valence-corrected chi connectivity index (χ1v) is 6.24. The van der Waals surface area contributed by atoms with Crippen LogP contribution in [0.15, 0.2) is 6.20 Å². The van der Waals surface area contributed by atoms with Gasteiger partial charge in [-0.2, -0.15) is 4.98 Å². The van der Waals surface area contributed by atoms with Crippen LogP contribution in [0.3, 0.4) is 0 Å². The molecule has 1 aliphatic carbocycles. The van der Waals surface area contributed by atoms with Gasteiger partial charge in [-0.25, -0.2) is 4.98 Å². The van der Waals surface area contributed by atoms with E-state index in [0.717, 1.165) is 12.1 Å². The average Bonchev–Trinajstić information content (AvgIpc) is 2.34. The first-order chi connectivity index (χ1) is 8.16. The van der Waals surface area contributed by atoms with E-state index in [2.05, 4.69) is 21.9 Å². The minimum Gasteiger partial charge on any atom is -0.383 e. The van der Waals surface area contributed by atoms with Gasteiger partial charge in [0.05, 0.1) is 0 Å². The van der Waals surface area contributed by atoms with Crippen LogP contribution in [0.2, 0.25) is 0 Å². The third-order valence-corrected chi connectivity index (χ3v) is 3.53. The van der Waals surface area contributed by atoms with E-state index in [0.29, 0.717) is 11.9 Å². The van der Waals surface area contributed by atoms with Crippen molar-refractivity contribution in [3.8, 4) is 0 Å². The predicted octanol–water partition coefficient (Wildman–Crippen LogP) is 1.41. The van der Waals surface area contributed by atoms with E-state index in [1.54, 1.807) is 6.20 Å². The highest BCUT2D eigenvalue weighted by atomic mass is 15.1. The second-order valence-corrected chi connectivity index (χ2v) is 4.85. The van der Waals surface area contributed by atoms with Gasteiger partial charge in [0.25, 0.3) is 0 Å². The Morgan fingerprint density at radius 1 is 1.29 bits per heavy atom. The molecule has 0 unspecified atom stereocenters. The Hall–Kier alpha value is -1.36. The zero-order valence-corrected chi connectivity index (χ0v) is 10.4. The van der Waals surface area contributed by atoms with Crippen LogP contribution in [0.1, 0.15) is 37.7 Å². The quantitative estimate of drug-likeness (QED) is 0.827. The van der Waals surface area contributed by atoms with Crippen LogP contribution in [0, 0.1) is 0 Å². The van der Waals surface area contributed by atoms with Crippen LogP contribution in [0.25, 0.3) is 0 Å². The maximum atomic E-state index is 5.84. The molecule has 0 amide bonds. The molecule has 0 radical (unpaired) electrons. The van der Waals surface area contributed by atoms with Crippen molar-refractivity contribution in [3.63, 3.8) is 0 Å². The lowest BCUT2D eigenvalue weighted by atomic mass is 9.94. The molecule has 4 N–H and O–H groups in total.